The van der Waals surface area contributed by atoms with Crippen LogP contribution in [0.5, 0.6) is 11.5 Å². The molecule has 40 heavy (non-hydrogen) atoms. The fourth-order valence-electron chi connectivity index (χ4n) is 8.75. The number of benzene rings is 3. The van der Waals surface area contributed by atoms with Crippen LogP contribution in [0, 0.1) is 5.92 Å². The molecule has 2 bridgehead atoms. The van der Waals surface area contributed by atoms with Gasteiger partial charge in [0, 0.05) is 24.8 Å². The summed E-state index contributed by atoms with van der Waals surface area (Å²) in [7, 11) is 0. The zero-order valence-electron chi connectivity index (χ0n) is 23.5. The summed E-state index contributed by atoms with van der Waals surface area (Å²) >= 11 is 0. The summed E-state index contributed by atoms with van der Waals surface area (Å²) < 4.78 is 20.8. The first-order valence-corrected chi connectivity index (χ1v) is 15.7. The summed E-state index contributed by atoms with van der Waals surface area (Å²) in [6.07, 6.45) is 10.7. The summed E-state index contributed by atoms with van der Waals surface area (Å²) in [5.41, 5.74) is 5.24. The summed E-state index contributed by atoms with van der Waals surface area (Å²) in [4.78, 5) is 2.84. The van der Waals surface area contributed by atoms with Gasteiger partial charge in [-0.05, 0) is 93.0 Å². The van der Waals surface area contributed by atoms with Crippen LogP contribution < -0.4 is 9.47 Å². The van der Waals surface area contributed by atoms with E-state index in [1.807, 2.05) is 0 Å². The van der Waals surface area contributed by atoms with Gasteiger partial charge in [-0.25, -0.2) is 0 Å². The van der Waals surface area contributed by atoms with Crippen LogP contribution in [-0.4, -0.2) is 42.3 Å². The SMILES string of the molecule is c1ccc(CCCOC23CCCC4Oc5c(OCc6ccccc6)ccc6c5[C@@]42CCN(CC2CC2)[C@@H]3C6)cc1. The number of hydrogen-bond donors (Lipinski definition) is 0. The van der Waals surface area contributed by atoms with Crippen molar-refractivity contribution in [3.05, 3.63) is 95.1 Å². The standard InChI is InChI=1S/C36H41NO3/c1-3-9-26(10-4-1)13-8-22-39-36-19-7-14-32-35(36)20-21-37(24-27-15-16-27)31(36)23-29-17-18-30(34(40-32)33(29)35)38-25-28-11-5-2-6-12-28/h1-6,9-12,17-18,27,31-32H,7-8,13-16,19-25H2/t31-,32?,35-,36?/m1/s1. The summed E-state index contributed by atoms with van der Waals surface area (Å²) in [6.45, 7) is 3.77. The second kappa shape index (κ2) is 9.92. The number of ether oxygens (including phenoxy) is 3. The maximum atomic E-state index is 7.35. The lowest BCUT2D eigenvalue weighted by molar-refractivity contribution is -0.216. The van der Waals surface area contributed by atoms with Gasteiger partial charge >= 0.3 is 0 Å². The second-order valence-electron chi connectivity index (χ2n) is 12.9. The molecule has 4 atom stereocenters. The van der Waals surface area contributed by atoms with E-state index in [2.05, 4.69) is 77.7 Å². The summed E-state index contributed by atoms with van der Waals surface area (Å²) in [5, 5.41) is 0. The highest BCUT2D eigenvalue weighted by Gasteiger charge is 2.72. The quantitative estimate of drug-likeness (QED) is 0.265. The molecule has 5 aliphatic rings. The van der Waals surface area contributed by atoms with E-state index in [1.165, 1.54) is 48.1 Å². The Morgan fingerprint density at radius 3 is 2.48 bits per heavy atom. The van der Waals surface area contributed by atoms with Gasteiger partial charge in [-0.3, -0.25) is 4.90 Å². The molecule has 0 N–H and O–H groups in total. The van der Waals surface area contributed by atoms with Gasteiger partial charge in [-0.2, -0.15) is 0 Å². The Bertz CT molecular complexity index is 1360. The minimum absolute atomic E-state index is 0.0717. The molecule has 0 aromatic heterocycles. The summed E-state index contributed by atoms with van der Waals surface area (Å²) in [6, 6.07) is 26.3. The molecule has 3 aromatic carbocycles. The minimum atomic E-state index is -0.184. The molecule has 3 aliphatic carbocycles. The highest BCUT2D eigenvalue weighted by Crippen LogP contribution is 2.67. The van der Waals surface area contributed by atoms with Gasteiger partial charge in [0.1, 0.15) is 12.7 Å². The lowest BCUT2D eigenvalue weighted by atomic mass is 9.49. The first-order chi connectivity index (χ1) is 19.8. The van der Waals surface area contributed by atoms with Crippen molar-refractivity contribution in [1.29, 1.82) is 0 Å². The van der Waals surface area contributed by atoms with Crippen molar-refractivity contribution in [1.82, 2.24) is 4.90 Å². The number of likely N-dealkylation sites (tertiary alicyclic amines) is 1. The molecule has 3 aromatic rings. The predicted molar refractivity (Wildman–Crippen MR) is 157 cm³/mol. The van der Waals surface area contributed by atoms with Crippen LogP contribution >= 0.6 is 0 Å². The fourth-order valence-corrected chi connectivity index (χ4v) is 8.75. The maximum Gasteiger partial charge on any atom is 0.165 e. The van der Waals surface area contributed by atoms with Gasteiger partial charge < -0.3 is 14.2 Å². The molecular formula is C36H41NO3. The fraction of sp³-hybridized carbons (Fsp3) is 0.500. The van der Waals surface area contributed by atoms with Crippen LogP contribution in [0.25, 0.3) is 0 Å². The largest absolute Gasteiger partial charge is 0.485 e. The molecule has 2 unspecified atom stereocenters. The highest BCUT2D eigenvalue weighted by molar-refractivity contribution is 5.62. The van der Waals surface area contributed by atoms with Gasteiger partial charge in [-0.15, -0.1) is 0 Å². The van der Waals surface area contributed by atoms with E-state index in [4.69, 9.17) is 14.2 Å². The number of aryl methyl sites for hydroxylation is 1. The predicted octanol–water partition coefficient (Wildman–Crippen LogP) is 6.88. The molecule has 2 saturated carbocycles. The first-order valence-electron chi connectivity index (χ1n) is 15.7. The summed E-state index contributed by atoms with van der Waals surface area (Å²) in [5.74, 6) is 2.81. The molecule has 0 radical (unpaired) electrons. The number of piperidine rings is 1. The molecule has 1 spiro atoms. The molecule has 0 amide bonds. The van der Waals surface area contributed by atoms with Crippen LogP contribution in [0.4, 0.5) is 0 Å². The van der Waals surface area contributed by atoms with E-state index in [0.29, 0.717) is 12.6 Å². The Morgan fingerprint density at radius 1 is 0.875 bits per heavy atom. The first kappa shape index (κ1) is 24.9. The van der Waals surface area contributed by atoms with Gasteiger partial charge in [0.25, 0.3) is 0 Å². The third-order valence-electron chi connectivity index (χ3n) is 10.7. The second-order valence-corrected chi connectivity index (χ2v) is 12.9. The Hall–Kier alpha value is -2.82. The van der Waals surface area contributed by atoms with Crippen molar-refractivity contribution in [2.45, 2.75) is 87.6 Å². The molecule has 2 aliphatic heterocycles. The van der Waals surface area contributed by atoms with Crippen molar-refractivity contribution in [2.75, 3.05) is 19.7 Å². The molecular weight excluding hydrogens is 494 g/mol. The lowest BCUT2D eigenvalue weighted by Gasteiger charge is -2.65. The normalized spacial score (nSPS) is 30.0. The number of rotatable bonds is 10. The van der Waals surface area contributed by atoms with Gasteiger partial charge in [0.2, 0.25) is 0 Å². The van der Waals surface area contributed by atoms with Crippen molar-refractivity contribution in [3.63, 3.8) is 0 Å². The average Bonchev–Trinajstić information content (AvgIpc) is 3.75. The van der Waals surface area contributed by atoms with Crippen molar-refractivity contribution >= 4 is 0 Å². The van der Waals surface area contributed by atoms with Crippen LogP contribution in [0.3, 0.4) is 0 Å². The molecule has 2 heterocycles. The van der Waals surface area contributed by atoms with Crippen LogP contribution in [0.1, 0.15) is 67.2 Å². The van der Waals surface area contributed by atoms with E-state index in [1.54, 1.807) is 0 Å². The number of hydrogen-bond acceptors (Lipinski definition) is 4. The minimum Gasteiger partial charge on any atom is -0.485 e. The van der Waals surface area contributed by atoms with E-state index < -0.39 is 0 Å². The average molecular weight is 536 g/mol. The van der Waals surface area contributed by atoms with Crippen LogP contribution in [0.15, 0.2) is 72.8 Å². The van der Waals surface area contributed by atoms with Crippen LogP contribution in [-0.2, 0) is 29.6 Å². The van der Waals surface area contributed by atoms with E-state index in [0.717, 1.165) is 69.1 Å². The highest BCUT2D eigenvalue weighted by atomic mass is 16.5. The topological polar surface area (TPSA) is 30.9 Å². The van der Waals surface area contributed by atoms with Gasteiger partial charge in [0.05, 0.1) is 11.0 Å². The van der Waals surface area contributed by atoms with E-state index in [-0.39, 0.29) is 17.1 Å². The Labute approximate surface area is 238 Å². The Kier molecular flexibility index (Phi) is 6.18. The third-order valence-corrected chi connectivity index (χ3v) is 10.7. The monoisotopic (exact) mass is 535 g/mol. The van der Waals surface area contributed by atoms with E-state index in [9.17, 15) is 0 Å². The van der Waals surface area contributed by atoms with E-state index >= 15 is 0 Å². The van der Waals surface area contributed by atoms with Gasteiger partial charge in [-0.1, -0.05) is 66.7 Å². The third kappa shape index (κ3) is 3.94. The molecule has 4 heteroatoms. The molecule has 208 valence electrons. The molecule has 8 rings (SSSR count). The Balaban J connectivity index is 1.14. The maximum absolute atomic E-state index is 7.35. The van der Waals surface area contributed by atoms with Crippen LogP contribution in [0.2, 0.25) is 0 Å². The zero-order valence-corrected chi connectivity index (χ0v) is 23.5. The van der Waals surface area contributed by atoms with Crippen molar-refractivity contribution in [2.24, 2.45) is 5.92 Å². The van der Waals surface area contributed by atoms with Crippen molar-refractivity contribution in [3.8, 4) is 11.5 Å². The lowest BCUT2D eigenvalue weighted by Crippen LogP contribution is -2.76. The van der Waals surface area contributed by atoms with Gasteiger partial charge in [0.15, 0.2) is 11.5 Å². The molecule has 4 nitrogen and oxygen atoms in total. The van der Waals surface area contributed by atoms with Crippen molar-refractivity contribution < 1.29 is 14.2 Å². The Morgan fingerprint density at radius 2 is 1.68 bits per heavy atom. The zero-order chi connectivity index (χ0) is 26.6. The number of nitrogens with zero attached hydrogens (tertiary/aromatic N) is 1. The smallest absolute Gasteiger partial charge is 0.165 e. The molecule has 3 fully saturated rings. The molecule has 1 saturated heterocycles.